The maximum Gasteiger partial charge on any atom is 0.203 e. The summed E-state index contributed by atoms with van der Waals surface area (Å²) in [5.74, 6) is 1.32. The van der Waals surface area contributed by atoms with Gasteiger partial charge in [-0.3, -0.25) is 4.79 Å². The van der Waals surface area contributed by atoms with Crippen LogP contribution in [-0.2, 0) is 0 Å². The van der Waals surface area contributed by atoms with E-state index < -0.39 is 5.78 Å². The van der Waals surface area contributed by atoms with Gasteiger partial charge in [0, 0.05) is 0 Å². The van der Waals surface area contributed by atoms with Crippen molar-refractivity contribution in [2.75, 3.05) is 27.9 Å². The summed E-state index contributed by atoms with van der Waals surface area (Å²) in [6.45, 7) is 2.49. The van der Waals surface area contributed by atoms with Gasteiger partial charge in [0.2, 0.25) is 5.75 Å². The Balaban J connectivity index is 2.09. The number of phenolic OH excluding ortho intramolecular Hbond substituents is 2. The lowest BCUT2D eigenvalue weighted by molar-refractivity contribution is 0.104. The van der Waals surface area contributed by atoms with Crippen LogP contribution in [0.1, 0.15) is 28.4 Å². The van der Waals surface area contributed by atoms with E-state index in [4.69, 9.17) is 18.9 Å². The van der Waals surface area contributed by atoms with Crippen LogP contribution in [0.3, 0.4) is 0 Å². The Morgan fingerprint density at radius 1 is 0.857 bits per heavy atom. The summed E-state index contributed by atoms with van der Waals surface area (Å²) in [7, 11) is 4.58. The number of ether oxygens (including phenoxy) is 4. The largest absolute Gasteiger partial charge is 0.508 e. The quantitative estimate of drug-likeness (QED) is 0.131. The fourth-order valence-electron chi connectivity index (χ4n) is 3.46. The van der Waals surface area contributed by atoms with Crippen LogP contribution in [0.2, 0.25) is 0 Å². The number of rotatable bonds is 10. The molecule has 3 aromatic rings. The van der Waals surface area contributed by atoms with Crippen LogP contribution in [0.15, 0.2) is 66.7 Å². The standard InChI is InChI=1S/C28H28O7/c1-5-35-22-10-6-18(7-11-22)14-19(8-12-24(30)23-17-21(29)9-13-25(23)31)20-15-26(32-2)28(34-4)27(16-20)33-3/h6-17,29,31H,5H2,1-4H3/b12-8+,19-14+. The van der Waals surface area contributed by atoms with E-state index in [1.54, 1.807) is 18.2 Å². The average molecular weight is 477 g/mol. The number of aromatic hydroxyl groups is 2. The van der Waals surface area contributed by atoms with Gasteiger partial charge < -0.3 is 29.2 Å². The number of hydrogen-bond acceptors (Lipinski definition) is 7. The lowest BCUT2D eigenvalue weighted by Crippen LogP contribution is -1.98. The Bertz CT molecular complexity index is 1220. The van der Waals surface area contributed by atoms with Gasteiger partial charge in [0.05, 0.1) is 33.5 Å². The second-order valence-electron chi connectivity index (χ2n) is 7.41. The minimum absolute atomic E-state index is 0.00782. The first kappa shape index (κ1) is 25.2. The van der Waals surface area contributed by atoms with Crippen LogP contribution in [-0.4, -0.2) is 43.9 Å². The van der Waals surface area contributed by atoms with Gasteiger partial charge in [-0.15, -0.1) is 0 Å². The highest BCUT2D eigenvalue weighted by Gasteiger charge is 2.15. The SMILES string of the molecule is CCOc1ccc(/C=C(\C=C\C(=O)c2cc(O)ccc2O)c2cc(OC)c(OC)c(OC)c2)cc1. The molecule has 0 saturated carbocycles. The highest BCUT2D eigenvalue weighted by molar-refractivity contribution is 6.08. The first-order chi connectivity index (χ1) is 16.9. The number of methoxy groups -OCH3 is 3. The molecule has 0 bridgehead atoms. The second kappa shape index (κ2) is 11.7. The monoisotopic (exact) mass is 476 g/mol. The third-order valence-electron chi connectivity index (χ3n) is 5.17. The van der Waals surface area contributed by atoms with E-state index in [2.05, 4.69) is 0 Å². The Hall–Kier alpha value is -4.39. The zero-order valence-corrected chi connectivity index (χ0v) is 20.1. The van der Waals surface area contributed by atoms with Gasteiger partial charge in [-0.2, -0.15) is 0 Å². The van der Waals surface area contributed by atoms with Crippen LogP contribution in [0.25, 0.3) is 11.6 Å². The minimum Gasteiger partial charge on any atom is -0.508 e. The molecule has 0 aliphatic heterocycles. The molecule has 0 amide bonds. The normalized spacial score (nSPS) is 11.4. The molecule has 0 fully saturated rings. The first-order valence-electron chi connectivity index (χ1n) is 10.9. The highest BCUT2D eigenvalue weighted by Crippen LogP contribution is 2.40. The lowest BCUT2D eigenvalue weighted by Gasteiger charge is -2.15. The van der Waals surface area contributed by atoms with Crippen molar-refractivity contribution in [3.8, 4) is 34.5 Å². The van der Waals surface area contributed by atoms with Gasteiger partial charge in [-0.05, 0) is 78.2 Å². The van der Waals surface area contributed by atoms with Crippen molar-refractivity contribution in [2.45, 2.75) is 6.92 Å². The number of carbonyl (C=O) groups is 1. The zero-order chi connectivity index (χ0) is 25.4. The van der Waals surface area contributed by atoms with Gasteiger partial charge in [0.25, 0.3) is 0 Å². The predicted molar refractivity (Wildman–Crippen MR) is 135 cm³/mol. The molecule has 0 aliphatic rings. The summed E-state index contributed by atoms with van der Waals surface area (Å²) in [5, 5.41) is 19.8. The smallest absolute Gasteiger partial charge is 0.203 e. The molecule has 0 saturated heterocycles. The van der Waals surface area contributed by atoms with Crippen molar-refractivity contribution in [3.05, 3.63) is 83.4 Å². The maximum absolute atomic E-state index is 12.8. The fourth-order valence-corrected chi connectivity index (χ4v) is 3.46. The van der Waals surface area contributed by atoms with Crippen LogP contribution in [0.5, 0.6) is 34.5 Å². The van der Waals surface area contributed by atoms with Crippen molar-refractivity contribution < 1.29 is 34.0 Å². The van der Waals surface area contributed by atoms with Gasteiger partial charge in [0.15, 0.2) is 17.3 Å². The topological polar surface area (TPSA) is 94.5 Å². The van der Waals surface area contributed by atoms with Gasteiger partial charge in [-0.1, -0.05) is 18.2 Å². The van der Waals surface area contributed by atoms with Crippen LogP contribution in [0, 0.1) is 0 Å². The number of benzene rings is 3. The van der Waals surface area contributed by atoms with E-state index >= 15 is 0 Å². The van der Waals surface area contributed by atoms with E-state index in [0.717, 1.165) is 11.3 Å². The summed E-state index contributed by atoms with van der Waals surface area (Å²) in [6.07, 6.45) is 4.85. The molecule has 35 heavy (non-hydrogen) atoms. The molecule has 7 nitrogen and oxygen atoms in total. The fraction of sp³-hybridized carbons (Fsp3) is 0.179. The zero-order valence-electron chi connectivity index (χ0n) is 20.1. The van der Waals surface area contributed by atoms with Crippen LogP contribution in [0.4, 0.5) is 0 Å². The van der Waals surface area contributed by atoms with E-state index in [9.17, 15) is 15.0 Å². The van der Waals surface area contributed by atoms with E-state index in [1.165, 1.54) is 45.6 Å². The van der Waals surface area contributed by atoms with Crippen LogP contribution < -0.4 is 18.9 Å². The Morgan fingerprint density at radius 2 is 1.51 bits per heavy atom. The molecule has 0 spiro atoms. The summed E-state index contributed by atoms with van der Waals surface area (Å²) in [6, 6.07) is 14.9. The molecule has 0 heterocycles. The number of hydrogen-bond donors (Lipinski definition) is 2. The highest BCUT2D eigenvalue weighted by atomic mass is 16.5. The summed E-state index contributed by atoms with van der Waals surface area (Å²) < 4.78 is 21.9. The molecule has 0 aliphatic carbocycles. The van der Waals surface area contributed by atoms with Crippen molar-refractivity contribution in [1.82, 2.24) is 0 Å². The van der Waals surface area contributed by atoms with E-state index in [-0.39, 0.29) is 17.1 Å². The van der Waals surface area contributed by atoms with Gasteiger partial charge in [-0.25, -0.2) is 0 Å². The molecule has 3 rings (SSSR count). The molecular formula is C28H28O7. The average Bonchev–Trinajstić information content (AvgIpc) is 2.87. The lowest BCUT2D eigenvalue weighted by atomic mass is 9.99. The maximum atomic E-state index is 12.8. The van der Waals surface area contributed by atoms with Crippen molar-refractivity contribution >= 4 is 17.4 Å². The summed E-state index contributed by atoms with van der Waals surface area (Å²) >= 11 is 0. The number of ketones is 1. The van der Waals surface area contributed by atoms with E-state index in [0.29, 0.717) is 35.0 Å². The molecule has 0 unspecified atom stereocenters. The van der Waals surface area contributed by atoms with Gasteiger partial charge >= 0.3 is 0 Å². The molecule has 2 N–H and O–H groups in total. The second-order valence-corrected chi connectivity index (χ2v) is 7.41. The van der Waals surface area contributed by atoms with Crippen LogP contribution >= 0.6 is 0 Å². The number of carbonyl (C=O) groups excluding carboxylic acids is 1. The van der Waals surface area contributed by atoms with Crippen molar-refractivity contribution in [3.63, 3.8) is 0 Å². The van der Waals surface area contributed by atoms with Crippen molar-refractivity contribution in [1.29, 1.82) is 0 Å². The number of allylic oxidation sites excluding steroid dienone is 3. The summed E-state index contributed by atoms with van der Waals surface area (Å²) in [5.41, 5.74) is 2.24. The Kier molecular flexibility index (Phi) is 8.40. The minimum atomic E-state index is -0.469. The predicted octanol–water partition coefficient (Wildman–Crippen LogP) is 5.50. The van der Waals surface area contributed by atoms with Crippen molar-refractivity contribution in [2.24, 2.45) is 0 Å². The molecule has 0 aromatic heterocycles. The third-order valence-corrected chi connectivity index (χ3v) is 5.17. The molecule has 0 atom stereocenters. The molecule has 3 aromatic carbocycles. The molecule has 182 valence electrons. The third kappa shape index (κ3) is 6.14. The molecule has 0 radical (unpaired) electrons. The molecular weight excluding hydrogens is 448 g/mol. The van der Waals surface area contributed by atoms with Gasteiger partial charge in [0.1, 0.15) is 17.2 Å². The summed E-state index contributed by atoms with van der Waals surface area (Å²) in [4.78, 5) is 12.8. The Morgan fingerprint density at radius 3 is 2.09 bits per heavy atom. The number of phenols is 2. The molecule has 7 heteroatoms. The van der Waals surface area contributed by atoms with E-state index in [1.807, 2.05) is 37.3 Å². The first-order valence-corrected chi connectivity index (χ1v) is 10.9. The Labute approximate surface area is 204 Å².